The van der Waals surface area contributed by atoms with E-state index in [9.17, 15) is 4.39 Å². The minimum absolute atomic E-state index is 0.246. The van der Waals surface area contributed by atoms with Gasteiger partial charge in [0, 0.05) is 38.0 Å². The SMILES string of the molecule is CN(C)CCOc1nnc(-c2cc(Cl)ccc2F)cc1Nc1ccnc2c1cnn2COCC[Si](C)(C)C. The fraction of sp³-hybridized carbons (Fsp3) is 0.385. The lowest BCUT2D eigenvalue weighted by atomic mass is 10.1. The first-order valence-corrected chi connectivity index (χ1v) is 16.5. The summed E-state index contributed by atoms with van der Waals surface area (Å²) < 4.78 is 28.1. The van der Waals surface area contributed by atoms with Crippen LogP contribution in [0.1, 0.15) is 0 Å². The van der Waals surface area contributed by atoms with Crippen molar-refractivity contribution in [1.82, 2.24) is 29.9 Å². The van der Waals surface area contributed by atoms with E-state index < -0.39 is 13.9 Å². The van der Waals surface area contributed by atoms with Crippen molar-refractivity contribution in [2.24, 2.45) is 0 Å². The normalized spacial score (nSPS) is 11.9. The molecule has 0 aliphatic rings. The van der Waals surface area contributed by atoms with Gasteiger partial charge in [0.15, 0.2) is 5.65 Å². The van der Waals surface area contributed by atoms with Crippen LogP contribution in [0.5, 0.6) is 5.88 Å². The summed E-state index contributed by atoms with van der Waals surface area (Å²) in [6, 6.07) is 8.93. The van der Waals surface area contributed by atoms with E-state index in [1.54, 1.807) is 23.1 Å². The molecule has 4 aromatic rings. The Morgan fingerprint density at radius 3 is 2.66 bits per heavy atom. The van der Waals surface area contributed by atoms with Crippen LogP contribution in [0.4, 0.5) is 15.8 Å². The molecular weight excluding hydrogens is 525 g/mol. The average Bonchev–Trinajstić information content (AvgIpc) is 3.27. The highest BCUT2D eigenvalue weighted by Crippen LogP contribution is 2.33. The Balaban J connectivity index is 1.63. The summed E-state index contributed by atoms with van der Waals surface area (Å²) in [7, 11) is 2.74. The molecule has 0 spiro atoms. The molecule has 0 saturated heterocycles. The van der Waals surface area contributed by atoms with Crippen LogP contribution in [0.15, 0.2) is 42.7 Å². The third-order valence-electron chi connectivity index (χ3n) is 5.76. The summed E-state index contributed by atoms with van der Waals surface area (Å²) in [5.41, 5.74) is 2.52. The number of aromatic nitrogens is 5. The number of ether oxygens (including phenoxy) is 2. The first kappa shape index (κ1) is 27.9. The highest BCUT2D eigenvalue weighted by Gasteiger charge is 2.17. The molecule has 9 nitrogen and oxygen atoms in total. The van der Waals surface area contributed by atoms with Crippen molar-refractivity contribution in [3.8, 4) is 17.1 Å². The van der Waals surface area contributed by atoms with Crippen molar-refractivity contribution in [2.45, 2.75) is 32.4 Å². The van der Waals surface area contributed by atoms with Gasteiger partial charge in [0.25, 0.3) is 5.88 Å². The Morgan fingerprint density at radius 2 is 1.89 bits per heavy atom. The zero-order valence-electron chi connectivity index (χ0n) is 22.3. The van der Waals surface area contributed by atoms with Gasteiger partial charge in [-0.15, -0.1) is 10.2 Å². The predicted octanol–water partition coefficient (Wildman–Crippen LogP) is 5.68. The van der Waals surface area contributed by atoms with Crippen LogP contribution >= 0.6 is 11.6 Å². The lowest BCUT2D eigenvalue weighted by Crippen LogP contribution is -2.22. The number of anilines is 2. The molecule has 0 saturated carbocycles. The Hall–Kier alpha value is -3.12. The van der Waals surface area contributed by atoms with Gasteiger partial charge < -0.3 is 19.7 Å². The summed E-state index contributed by atoms with van der Waals surface area (Å²) in [6.45, 7) is 9.05. The monoisotopic (exact) mass is 557 g/mol. The predicted molar refractivity (Wildman–Crippen MR) is 151 cm³/mol. The number of rotatable bonds is 12. The van der Waals surface area contributed by atoms with Gasteiger partial charge in [0.1, 0.15) is 24.8 Å². The first-order chi connectivity index (χ1) is 18.1. The van der Waals surface area contributed by atoms with Crippen molar-refractivity contribution in [3.63, 3.8) is 0 Å². The molecule has 0 aliphatic heterocycles. The van der Waals surface area contributed by atoms with Crippen LogP contribution in [0.3, 0.4) is 0 Å². The fourth-order valence-corrected chi connectivity index (χ4v) is 4.51. The zero-order chi connectivity index (χ0) is 27.3. The molecule has 1 aromatic carbocycles. The van der Waals surface area contributed by atoms with Crippen LogP contribution in [0, 0.1) is 5.82 Å². The summed E-state index contributed by atoms with van der Waals surface area (Å²) in [5.74, 6) is -0.150. The Kier molecular flexibility index (Phi) is 8.93. The van der Waals surface area contributed by atoms with E-state index in [1.165, 1.54) is 18.2 Å². The standard InChI is InChI=1S/C26H33ClFN7O2Si/c1-34(2)10-11-37-26-24(15-23(32-33-26)19-14-18(27)6-7-21(19)28)31-22-8-9-29-25-20(22)16-30-35(25)17-36-12-13-38(3,4)5/h6-9,14-16H,10-13,17H2,1-5H3,(H,29,31,32). The van der Waals surface area contributed by atoms with Gasteiger partial charge >= 0.3 is 0 Å². The molecule has 0 unspecified atom stereocenters. The summed E-state index contributed by atoms with van der Waals surface area (Å²) in [5, 5.41) is 17.5. The molecule has 1 N–H and O–H groups in total. The molecule has 12 heteroatoms. The molecule has 3 heterocycles. The van der Waals surface area contributed by atoms with Crippen LogP contribution in [-0.2, 0) is 11.5 Å². The fourth-order valence-electron chi connectivity index (χ4n) is 3.58. The second-order valence-electron chi connectivity index (χ2n) is 10.4. The van der Waals surface area contributed by atoms with Gasteiger partial charge in [-0.2, -0.15) is 5.10 Å². The second-order valence-corrected chi connectivity index (χ2v) is 16.5. The van der Waals surface area contributed by atoms with Crippen LogP contribution in [-0.4, -0.2) is 71.8 Å². The maximum atomic E-state index is 14.6. The highest BCUT2D eigenvalue weighted by molar-refractivity contribution is 6.76. The Labute approximate surface area is 227 Å². The number of fused-ring (bicyclic) bond motifs is 1. The second kappa shape index (κ2) is 12.2. The zero-order valence-corrected chi connectivity index (χ0v) is 24.1. The number of nitrogens with zero attached hydrogens (tertiary/aromatic N) is 6. The summed E-state index contributed by atoms with van der Waals surface area (Å²) in [4.78, 5) is 6.51. The van der Waals surface area contributed by atoms with Gasteiger partial charge in [-0.05, 0) is 50.5 Å². The van der Waals surface area contributed by atoms with E-state index in [0.29, 0.717) is 54.4 Å². The lowest BCUT2D eigenvalue weighted by molar-refractivity contribution is 0.0813. The van der Waals surface area contributed by atoms with Crippen LogP contribution < -0.4 is 10.1 Å². The van der Waals surface area contributed by atoms with E-state index in [2.05, 4.69) is 45.2 Å². The quantitative estimate of drug-likeness (QED) is 0.176. The minimum Gasteiger partial charge on any atom is -0.474 e. The molecule has 3 aromatic heterocycles. The van der Waals surface area contributed by atoms with Crippen molar-refractivity contribution in [3.05, 3.63) is 53.6 Å². The molecule has 0 fully saturated rings. The summed E-state index contributed by atoms with van der Waals surface area (Å²) >= 11 is 6.12. The number of hydrogen-bond acceptors (Lipinski definition) is 8. The Morgan fingerprint density at radius 1 is 1.08 bits per heavy atom. The van der Waals surface area contributed by atoms with E-state index in [4.69, 9.17) is 21.1 Å². The largest absolute Gasteiger partial charge is 0.474 e. The van der Waals surface area contributed by atoms with Crippen molar-refractivity contribution < 1.29 is 13.9 Å². The van der Waals surface area contributed by atoms with E-state index in [1.807, 2.05) is 25.1 Å². The van der Waals surface area contributed by atoms with Gasteiger partial charge in [-0.1, -0.05) is 31.2 Å². The molecule has 0 amide bonds. The molecular formula is C26H33ClFN7O2Si. The Bertz CT molecular complexity index is 1390. The van der Waals surface area contributed by atoms with E-state index in [-0.39, 0.29) is 5.56 Å². The third-order valence-corrected chi connectivity index (χ3v) is 7.70. The number of pyridine rings is 1. The van der Waals surface area contributed by atoms with Gasteiger partial charge in [-0.25, -0.2) is 14.1 Å². The molecule has 38 heavy (non-hydrogen) atoms. The van der Waals surface area contributed by atoms with Gasteiger partial charge in [0.2, 0.25) is 0 Å². The number of halogens is 2. The van der Waals surface area contributed by atoms with E-state index in [0.717, 1.165) is 17.1 Å². The number of benzene rings is 1. The maximum absolute atomic E-state index is 14.6. The third kappa shape index (κ3) is 7.25. The summed E-state index contributed by atoms with van der Waals surface area (Å²) in [6.07, 6.45) is 3.44. The highest BCUT2D eigenvalue weighted by atomic mass is 35.5. The van der Waals surface area contributed by atoms with Crippen LogP contribution in [0.25, 0.3) is 22.3 Å². The van der Waals surface area contributed by atoms with E-state index >= 15 is 0 Å². The average molecular weight is 558 g/mol. The van der Waals surface area contributed by atoms with Crippen molar-refractivity contribution >= 4 is 42.1 Å². The maximum Gasteiger partial charge on any atom is 0.257 e. The number of likely N-dealkylation sites (N-methyl/N-ethyl adjacent to an activating group) is 1. The number of hydrogen-bond donors (Lipinski definition) is 1. The number of nitrogens with one attached hydrogen (secondary N) is 1. The molecule has 0 aliphatic carbocycles. The van der Waals surface area contributed by atoms with Crippen LogP contribution in [0.2, 0.25) is 30.7 Å². The molecule has 0 atom stereocenters. The minimum atomic E-state index is -1.18. The van der Waals surface area contributed by atoms with Gasteiger partial charge in [-0.3, -0.25) is 0 Å². The first-order valence-electron chi connectivity index (χ1n) is 12.4. The van der Waals surface area contributed by atoms with Gasteiger partial charge in [0.05, 0.1) is 23.0 Å². The lowest BCUT2D eigenvalue weighted by Gasteiger charge is -2.16. The molecule has 202 valence electrons. The molecule has 0 radical (unpaired) electrons. The van der Waals surface area contributed by atoms with Crippen molar-refractivity contribution in [1.29, 1.82) is 0 Å². The molecule has 0 bridgehead atoms. The smallest absolute Gasteiger partial charge is 0.257 e. The van der Waals surface area contributed by atoms with Crippen molar-refractivity contribution in [2.75, 3.05) is 39.2 Å². The topological polar surface area (TPSA) is 90.2 Å². The molecule has 4 rings (SSSR count).